The number of nitrogens with one attached hydrogen (secondary N) is 2. The molecule has 0 aromatic rings. The van der Waals surface area contributed by atoms with Crippen LogP contribution in [0.2, 0.25) is 0 Å². The number of nitrogens with zero attached hydrogens (tertiary/aromatic N) is 1. The zero-order valence-electron chi connectivity index (χ0n) is 19.3. The first-order valence-corrected chi connectivity index (χ1v) is 12.7. The minimum Gasteiger partial charge on any atom is -0.387 e. The number of fused-ring (bicyclic) bond motifs is 1. The van der Waals surface area contributed by atoms with Crippen molar-refractivity contribution < 1.29 is 14.3 Å². The smallest absolute Gasteiger partial charge is 0.237 e. The Hall–Kier alpha value is -1.67. The fourth-order valence-electron chi connectivity index (χ4n) is 6.59. The van der Waals surface area contributed by atoms with E-state index in [0.717, 1.165) is 90.5 Å². The molecule has 4 unspecified atom stereocenters. The van der Waals surface area contributed by atoms with Gasteiger partial charge in [0.05, 0.1) is 11.9 Å². The zero-order valence-corrected chi connectivity index (χ0v) is 19.3. The molecular formula is C24H41N5O3. The van der Waals surface area contributed by atoms with Crippen LogP contribution >= 0.6 is 0 Å². The van der Waals surface area contributed by atoms with Gasteiger partial charge in [-0.05, 0) is 82.0 Å². The van der Waals surface area contributed by atoms with Crippen molar-refractivity contribution in [2.75, 3.05) is 26.3 Å². The number of ether oxygens (including phenoxy) is 1. The second kappa shape index (κ2) is 10.5. The van der Waals surface area contributed by atoms with Gasteiger partial charge in [-0.25, -0.2) is 0 Å². The highest BCUT2D eigenvalue weighted by Crippen LogP contribution is 2.43. The predicted molar refractivity (Wildman–Crippen MR) is 123 cm³/mol. The van der Waals surface area contributed by atoms with E-state index in [1.807, 2.05) is 0 Å². The number of rotatable bonds is 7. The van der Waals surface area contributed by atoms with E-state index in [2.05, 4.69) is 10.2 Å². The molecule has 0 aromatic carbocycles. The molecule has 2 aliphatic heterocycles. The number of primary amides is 1. The lowest BCUT2D eigenvalue weighted by molar-refractivity contribution is -0.126. The second-order valence-corrected chi connectivity index (χ2v) is 10.7. The number of carbonyl (C=O) groups excluding carboxylic acids is 2. The fourth-order valence-corrected chi connectivity index (χ4v) is 6.59. The molecule has 2 heterocycles. The topological polar surface area (TPSA) is 135 Å². The lowest BCUT2D eigenvalue weighted by atomic mass is 9.77. The Bertz CT molecular complexity index is 687. The minimum absolute atomic E-state index is 0.00733. The first-order valence-electron chi connectivity index (χ1n) is 12.7. The number of hydrogen-bond acceptors (Lipinski definition) is 5. The maximum absolute atomic E-state index is 13.3. The summed E-state index contributed by atoms with van der Waals surface area (Å²) in [6, 6.07) is 0.231. The third-order valence-electron chi connectivity index (χ3n) is 8.67. The van der Waals surface area contributed by atoms with E-state index in [1.165, 1.54) is 0 Å². The average Bonchev–Trinajstić information content (AvgIpc) is 3.16. The summed E-state index contributed by atoms with van der Waals surface area (Å²) >= 11 is 0. The monoisotopic (exact) mass is 447 g/mol. The van der Waals surface area contributed by atoms with Gasteiger partial charge in [-0.15, -0.1) is 0 Å². The Kier molecular flexibility index (Phi) is 7.71. The molecule has 2 amide bonds. The van der Waals surface area contributed by atoms with Gasteiger partial charge in [0, 0.05) is 44.2 Å². The van der Waals surface area contributed by atoms with Crippen LogP contribution in [0.15, 0.2) is 0 Å². The summed E-state index contributed by atoms with van der Waals surface area (Å²) < 4.78 is 5.45. The van der Waals surface area contributed by atoms with E-state index in [-0.39, 0.29) is 35.5 Å². The number of hydrogen-bond donors (Lipinski definition) is 4. The second-order valence-electron chi connectivity index (χ2n) is 10.7. The summed E-state index contributed by atoms with van der Waals surface area (Å²) in [6.45, 7) is 3.22. The molecule has 4 rings (SSSR count). The Labute approximate surface area is 191 Å². The van der Waals surface area contributed by atoms with Gasteiger partial charge in [0.2, 0.25) is 11.8 Å². The molecule has 0 spiro atoms. The molecule has 0 radical (unpaired) electrons. The fraction of sp³-hybridized carbons (Fsp3) is 0.875. The van der Waals surface area contributed by atoms with Crippen molar-refractivity contribution in [2.24, 2.45) is 41.1 Å². The summed E-state index contributed by atoms with van der Waals surface area (Å²) in [4.78, 5) is 27.3. The molecule has 8 nitrogen and oxygen atoms in total. The lowest BCUT2D eigenvalue weighted by Gasteiger charge is -2.39. The molecule has 180 valence electrons. The predicted octanol–water partition coefficient (Wildman–Crippen LogP) is 1.62. The molecule has 32 heavy (non-hydrogen) atoms. The highest BCUT2D eigenvalue weighted by Gasteiger charge is 2.48. The van der Waals surface area contributed by atoms with Gasteiger partial charge in [0.15, 0.2) is 0 Å². The van der Waals surface area contributed by atoms with Crippen LogP contribution in [-0.4, -0.2) is 60.9 Å². The third kappa shape index (κ3) is 5.45. The molecule has 2 saturated heterocycles. The number of carbonyl (C=O) groups is 2. The summed E-state index contributed by atoms with van der Waals surface area (Å²) in [5.41, 5.74) is 11.4. The van der Waals surface area contributed by atoms with E-state index < -0.39 is 0 Å². The maximum Gasteiger partial charge on any atom is 0.237 e. The van der Waals surface area contributed by atoms with Gasteiger partial charge in [0.25, 0.3) is 0 Å². The number of likely N-dealkylation sites (tertiary alicyclic amines) is 1. The molecule has 4 atom stereocenters. The van der Waals surface area contributed by atoms with Gasteiger partial charge in [-0.1, -0.05) is 0 Å². The van der Waals surface area contributed by atoms with Crippen LogP contribution in [0.3, 0.4) is 0 Å². The van der Waals surface area contributed by atoms with Gasteiger partial charge in [0.1, 0.15) is 0 Å². The number of amides is 2. The molecule has 4 aliphatic rings. The normalized spacial score (nSPS) is 36.4. The van der Waals surface area contributed by atoms with Crippen LogP contribution < -0.4 is 16.8 Å². The van der Waals surface area contributed by atoms with Crippen molar-refractivity contribution >= 4 is 17.6 Å². The van der Waals surface area contributed by atoms with Crippen molar-refractivity contribution in [2.45, 2.75) is 76.3 Å². The van der Waals surface area contributed by atoms with Crippen LogP contribution in [0.4, 0.5) is 0 Å². The van der Waals surface area contributed by atoms with Gasteiger partial charge < -0.3 is 21.5 Å². The summed E-state index contributed by atoms with van der Waals surface area (Å²) in [6.07, 6.45) is 9.55. The Balaban J connectivity index is 1.41. The average molecular weight is 448 g/mol. The maximum atomic E-state index is 13.3. The summed E-state index contributed by atoms with van der Waals surface area (Å²) in [5.74, 6) is 1.93. The van der Waals surface area contributed by atoms with Gasteiger partial charge >= 0.3 is 0 Å². The van der Waals surface area contributed by atoms with Crippen LogP contribution in [-0.2, 0) is 14.3 Å². The first kappa shape index (κ1) is 23.5. The highest BCUT2D eigenvalue weighted by molar-refractivity contribution is 5.82. The van der Waals surface area contributed by atoms with Crippen molar-refractivity contribution in [3.63, 3.8) is 0 Å². The van der Waals surface area contributed by atoms with Gasteiger partial charge in [-0.2, -0.15) is 0 Å². The van der Waals surface area contributed by atoms with E-state index in [0.29, 0.717) is 23.8 Å². The highest BCUT2D eigenvalue weighted by atomic mass is 16.5. The third-order valence-corrected chi connectivity index (χ3v) is 8.67. The Morgan fingerprint density at radius 1 is 0.906 bits per heavy atom. The Morgan fingerprint density at radius 3 is 2.25 bits per heavy atom. The van der Waals surface area contributed by atoms with Crippen LogP contribution in [0, 0.1) is 35.0 Å². The van der Waals surface area contributed by atoms with Crippen LogP contribution in [0.1, 0.15) is 64.2 Å². The quantitative estimate of drug-likeness (QED) is 0.347. The lowest BCUT2D eigenvalue weighted by Crippen LogP contribution is -2.50. The molecule has 8 heteroatoms. The van der Waals surface area contributed by atoms with E-state index >= 15 is 0 Å². The molecule has 4 fully saturated rings. The van der Waals surface area contributed by atoms with Crippen molar-refractivity contribution in [1.29, 1.82) is 5.41 Å². The number of nitrogens with two attached hydrogens (primary N) is 2. The standard InChI is InChI=1S/C24H41N5O3/c25-22(26)19-6-5-18-11-21(24(31)28-13-15-7-9-32-10-8-15)29(20(18)12-19)14-16-1-3-17(4-2-16)23(27)30/h15-21H,1-14H2,(H3,25,26)(H2,27,30)(H,28,31). The first-order chi connectivity index (χ1) is 15.4. The van der Waals surface area contributed by atoms with Crippen molar-refractivity contribution in [3.8, 4) is 0 Å². The molecular weight excluding hydrogens is 406 g/mol. The largest absolute Gasteiger partial charge is 0.387 e. The molecule has 0 aromatic heterocycles. The van der Waals surface area contributed by atoms with Crippen LogP contribution in [0.5, 0.6) is 0 Å². The van der Waals surface area contributed by atoms with E-state index in [1.54, 1.807) is 0 Å². The van der Waals surface area contributed by atoms with Gasteiger partial charge in [-0.3, -0.25) is 19.9 Å². The van der Waals surface area contributed by atoms with Crippen molar-refractivity contribution in [3.05, 3.63) is 0 Å². The Morgan fingerprint density at radius 2 is 1.59 bits per heavy atom. The summed E-state index contributed by atoms with van der Waals surface area (Å²) in [7, 11) is 0. The zero-order chi connectivity index (χ0) is 22.7. The molecule has 2 saturated carbocycles. The van der Waals surface area contributed by atoms with E-state index in [9.17, 15) is 9.59 Å². The minimum atomic E-state index is -0.174. The SMILES string of the molecule is N=C(N)C1CCC2CC(C(=O)NCC3CCOCC3)N(CC3CCC(C(N)=O)CC3)C2C1. The van der Waals surface area contributed by atoms with E-state index in [4.69, 9.17) is 21.6 Å². The van der Waals surface area contributed by atoms with Crippen molar-refractivity contribution in [1.82, 2.24) is 10.2 Å². The molecule has 6 N–H and O–H groups in total. The molecule has 2 aliphatic carbocycles. The summed E-state index contributed by atoms with van der Waals surface area (Å²) in [5, 5.41) is 11.2. The van der Waals surface area contributed by atoms with Crippen LogP contribution in [0.25, 0.3) is 0 Å². The molecule has 0 bridgehead atoms. The number of amidine groups is 1.